The number of hydrogen-bond acceptors (Lipinski definition) is 1. The van der Waals surface area contributed by atoms with Crippen LogP contribution in [0.4, 0.5) is 0 Å². The smallest absolute Gasteiger partial charge is 0.153 e. The first kappa shape index (κ1) is 6.68. The van der Waals surface area contributed by atoms with Crippen molar-refractivity contribution in [3.8, 4) is 0 Å². The number of halogens is 1. The Morgan fingerprint density at radius 1 is 1.45 bits per heavy atom. The van der Waals surface area contributed by atoms with Crippen molar-refractivity contribution in [2.45, 2.75) is 6.92 Å². The van der Waals surface area contributed by atoms with E-state index in [-0.39, 0.29) is 0 Å². The zero-order valence-corrected chi connectivity index (χ0v) is 6.84. The van der Waals surface area contributed by atoms with Gasteiger partial charge in [-0.25, -0.2) is 4.98 Å². The molecular weight excluding hydrogens is 160 g/mol. The maximum absolute atomic E-state index is 5.87. The lowest BCUT2D eigenvalue weighted by Crippen LogP contribution is -1.85. The minimum absolute atomic E-state index is 0.565. The molecule has 2 rings (SSSR count). The zero-order valence-electron chi connectivity index (χ0n) is 6.08. The van der Waals surface area contributed by atoms with Crippen molar-refractivity contribution in [3.05, 3.63) is 35.4 Å². The average molecular weight is 167 g/mol. The first-order valence-electron chi connectivity index (χ1n) is 3.37. The standard InChI is InChI=1S/C8H7ClN2/c1-6-2-4-11-5-3-10-8(9)7(6)11/h2-5H,1H3. The first-order chi connectivity index (χ1) is 5.29. The average Bonchev–Trinajstić information content (AvgIpc) is 2.34. The summed E-state index contributed by atoms with van der Waals surface area (Å²) >= 11 is 5.87. The summed E-state index contributed by atoms with van der Waals surface area (Å²) in [5.41, 5.74) is 2.15. The number of fused-ring (bicyclic) bond motifs is 1. The Morgan fingerprint density at radius 3 is 3.00 bits per heavy atom. The fourth-order valence-electron chi connectivity index (χ4n) is 1.17. The van der Waals surface area contributed by atoms with Crippen molar-refractivity contribution in [1.82, 2.24) is 9.38 Å². The molecule has 2 nitrogen and oxygen atoms in total. The Labute approximate surface area is 69.4 Å². The highest BCUT2D eigenvalue weighted by Crippen LogP contribution is 2.18. The molecule has 2 aromatic heterocycles. The molecule has 2 aromatic rings. The molecule has 0 aromatic carbocycles. The number of aromatic nitrogens is 2. The van der Waals surface area contributed by atoms with Crippen molar-refractivity contribution in [3.63, 3.8) is 0 Å². The molecule has 11 heavy (non-hydrogen) atoms. The van der Waals surface area contributed by atoms with Gasteiger partial charge in [0, 0.05) is 18.6 Å². The van der Waals surface area contributed by atoms with Gasteiger partial charge >= 0.3 is 0 Å². The van der Waals surface area contributed by atoms with Crippen LogP contribution in [0.1, 0.15) is 5.56 Å². The van der Waals surface area contributed by atoms with E-state index in [9.17, 15) is 0 Å². The fourth-order valence-corrected chi connectivity index (χ4v) is 1.48. The molecule has 3 heteroatoms. The van der Waals surface area contributed by atoms with Gasteiger partial charge in [-0.1, -0.05) is 11.6 Å². The topological polar surface area (TPSA) is 17.3 Å². The summed E-state index contributed by atoms with van der Waals surface area (Å²) in [6.07, 6.45) is 5.54. The Kier molecular flexibility index (Phi) is 1.36. The second-order valence-corrected chi connectivity index (χ2v) is 2.83. The van der Waals surface area contributed by atoms with Gasteiger partial charge in [0.05, 0.1) is 5.52 Å². The molecule has 0 saturated heterocycles. The lowest BCUT2D eigenvalue weighted by molar-refractivity contribution is 1.14. The van der Waals surface area contributed by atoms with Gasteiger partial charge in [-0.2, -0.15) is 0 Å². The summed E-state index contributed by atoms with van der Waals surface area (Å²) in [5, 5.41) is 0.565. The number of hydrogen-bond donors (Lipinski definition) is 0. The molecule has 0 aliphatic carbocycles. The summed E-state index contributed by atoms with van der Waals surface area (Å²) in [6.45, 7) is 2.02. The lowest BCUT2D eigenvalue weighted by Gasteiger charge is -1.95. The Balaban J connectivity index is 2.96. The summed E-state index contributed by atoms with van der Waals surface area (Å²) in [4.78, 5) is 3.98. The van der Waals surface area contributed by atoms with Crippen LogP contribution in [0.2, 0.25) is 5.15 Å². The van der Waals surface area contributed by atoms with E-state index in [0.29, 0.717) is 5.15 Å². The van der Waals surface area contributed by atoms with Crippen LogP contribution in [-0.4, -0.2) is 9.38 Å². The van der Waals surface area contributed by atoms with Gasteiger partial charge in [0.2, 0.25) is 0 Å². The lowest BCUT2D eigenvalue weighted by atomic mass is 10.3. The molecule has 0 bridgehead atoms. The van der Waals surface area contributed by atoms with Gasteiger partial charge in [-0.3, -0.25) is 0 Å². The normalized spacial score (nSPS) is 10.7. The molecule has 0 radical (unpaired) electrons. The minimum Gasteiger partial charge on any atom is -0.319 e. The molecule has 0 saturated carbocycles. The molecule has 0 N–H and O–H groups in total. The predicted molar refractivity (Wildman–Crippen MR) is 44.9 cm³/mol. The SMILES string of the molecule is Cc1ccn2ccnc(Cl)c12. The second-order valence-electron chi connectivity index (χ2n) is 2.47. The third-order valence-corrected chi connectivity index (χ3v) is 2.00. The van der Waals surface area contributed by atoms with Crippen LogP contribution in [0.5, 0.6) is 0 Å². The van der Waals surface area contributed by atoms with Crippen molar-refractivity contribution >= 4 is 17.1 Å². The highest BCUT2D eigenvalue weighted by atomic mass is 35.5. The molecule has 0 aliphatic heterocycles. The van der Waals surface area contributed by atoms with Gasteiger partial charge in [0.25, 0.3) is 0 Å². The van der Waals surface area contributed by atoms with E-state index in [0.717, 1.165) is 11.1 Å². The van der Waals surface area contributed by atoms with Crippen molar-refractivity contribution in [2.24, 2.45) is 0 Å². The van der Waals surface area contributed by atoms with E-state index in [1.165, 1.54) is 0 Å². The summed E-state index contributed by atoms with van der Waals surface area (Å²) in [5.74, 6) is 0. The van der Waals surface area contributed by atoms with Crippen LogP contribution >= 0.6 is 11.6 Å². The van der Waals surface area contributed by atoms with Gasteiger partial charge in [-0.15, -0.1) is 0 Å². The van der Waals surface area contributed by atoms with E-state index in [2.05, 4.69) is 4.98 Å². The summed E-state index contributed by atoms with van der Waals surface area (Å²) < 4.78 is 1.96. The zero-order chi connectivity index (χ0) is 7.84. The molecule has 0 atom stereocenters. The largest absolute Gasteiger partial charge is 0.319 e. The fraction of sp³-hybridized carbons (Fsp3) is 0.125. The van der Waals surface area contributed by atoms with Crippen molar-refractivity contribution in [1.29, 1.82) is 0 Å². The van der Waals surface area contributed by atoms with E-state index >= 15 is 0 Å². The van der Waals surface area contributed by atoms with Crippen LogP contribution in [0, 0.1) is 6.92 Å². The van der Waals surface area contributed by atoms with Crippen LogP contribution < -0.4 is 0 Å². The molecule has 0 aliphatic rings. The third-order valence-electron chi connectivity index (χ3n) is 1.73. The van der Waals surface area contributed by atoms with E-state index in [1.54, 1.807) is 6.20 Å². The van der Waals surface area contributed by atoms with Crippen LogP contribution in [0.3, 0.4) is 0 Å². The molecular formula is C8H7ClN2. The van der Waals surface area contributed by atoms with Gasteiger partial charge in [0.1, 0.15) is 0 Å². The second kappa shape index (κ2) is 2.24. The van der Waals surface area contributed by atoms with Crippen molar-refractivity contribution in [2.75, 3.05) is 0 Å². The number of aryl methyl sites for hydroxylation is 1. The number of rotatable bonds is 0. The van der Waals surface area contributed by atoms with E-state index in [4.69, 9.17) is 11.6 Å². The molecule has 0 spiro atoms. The minimum atomic E-state index is 0.565. The van der Waals surface area contributed by atoms with Crippen LogP contribution in [-0.2, 0) is 0 Å². The third kappa shape index (κ3) is 0.906. The van der Waals surface area contributed by atoms with E-state index in [1.807, 2.05) is 29.8 Å². The van der Waals surface area contributed by atoms with Crippen LogP contribution in [0.15, 0.2) is 24.7 Å². The Bertz CT molecular complexity index is 392. The highest BCUT2D eigenvalue weighted by Gasteiger charge is 2.01. The molecule has 0 unspecified atom stereocenters. The first-order valence-corrected chi connectivity index (χ1v) is 3.74. The highest BCUT2D eigenvalue weighted by molar-refractivity contribution is 6.32. The van der Waals surface area contributed by atoms with Crippen molar-refractivity contribution < 1.29 is 0 Å². The van der Waals surface area contributed by atoms with Crippen LogP contribution in [0.25, 0.3) is 5.52 Å². The monoisotopic (exact) mass is 166 g/mol. The quantitative estimate of drug-likeness (QED) is 0.587. The number of nitrogens with zero attached hydrogens (tertiary/aromatic N) is 2. The molecule has 0 fully saturated rings. The van der Waals surface area contributed by atoms with Gasteiger partial charge in [0.15, 0.2) is 5.15 Å². The molecule has 0 amide bonds. The molecule has 2 heterocycles. The summed E-state index contributed by atoms with van der Waals surface area (Å²) in [7, 11) is 0. The maximum Gasteiger partial charge on any atom is 0.153 e. The summed E-state index contributed by atoms with van der Waals surface area (Å²) in [6, 6.07) is 2.02. The maximum atomic E-state index is 5.87. The molecule has 56 valence electrons. The Morgan fingerprint density at radius 2 is 2.27 bits per heavy atom. The Hall–Kier alpha value is -1.02. The van der Waals surface area contributed by atoms with Gasteiger partial charge < -0.3 is 4.40 Å². The van der Waals surface area contributed by atoms with Gasteiger partial charge in [-0.05, 0) is 18.6 Å². The predicted octanol–water partition coefficient (Wildman–Crippen LogP) is 2.30. The van der Waals surface area contributed by atoms with E-state index < -0.39 is 0 Å².